The van der Waals surface area contributed by atoms with Crippen LogP contribution in [0.3, 0.4) is 0 Å². The van der Waals surface area contributed by atoms with E-state index in [4.69, 9.17) is 11.5 Å². The van der Waals surface area contributed by atoms with Crippen LogP contribution < -0.4 is 16.8 Å². The van der Waals surface area contributed by atoms with E-state index in [0.717, 1.165) is 17.8 Å². The molecule has 0 aromatic carbocycles. The van der Waals surface area contributed by atoms with Crippen molar-refractivity contribution in [2.75, 3.05) is 12.3 Å². The minimum absolute atomic E-state index is 0.205. The minimum atomic E-state index is -0.596. The molecule has 0 aliphatic rings. The Hall–Kier alpha value is -1.56. The second-order valence-electron chi connectivity index (χ2n) is 3.42. The van der Waals surface area contributed by atoms with Crippen LogP contribution >= 0.6 is 11.3 Å². The first kappa shape index (κ1) is 12.5. The summed E-state index contributed by atoms with van der Waals surface area (Å²) in [5.74, 6) is -0.802. The van der Waals surface area contributed by atoms with E-state index in [2.05, 4.69) is 5.32 Å². The molecule has 2 amide bonds. The largest absolute Gasteiger partial charge is 0.390 e. The topological polar surface area (TPSA) is 98.2 Å². The molecule has 88 valence electrons. The van der Waals surface area contributed by atoms with Crippen molar-refractivity contribution in [1.29, 1.82) is 0 Å². The molecule has 0 fully saturated rings. The van der Waals surface area contributed by atoms with E-state index in [1.807, 2.05) is 6.92 Å². The summed E-state index contributed by atoms with van der Waals surface area (Å²) < 4.78 is 0. The number of hydrogen-bond donors (Lipinski definition) is 3. The Balaban J connectivity index is 3.03. The second-order valence-corrected chi connectivity index (χ2v) is 4.47. The Kier molecular flexibility index (Phi) is 3.89. The van der Waals surface area contributed by atoms with Crippen molar-refractivity contribution >= 4 is 28.2 Å². The van der Waals surface area contributed by atoms with Gasteiger partial charge in [0, 0.05) is 6.54 Å². The van der Waals surface area contributed by atoms with E-state index in [1.54, 1.807) is 6.92 Å². The Morgan fingerprint density at radius 1 is 1.44 bits per heavy atom. The van der Waals surface area contributed by atoms with Crippen LogP contribution in [-0.2, 0) is 0 Å². The molecule has 0 saturated carbocycles. The first-order valence-corrected chi connectivity index (χ1v) is 5.77. The molecule has 1 aromatic rings. The maximum absolute atomic E-state index is 11.7. The highest BCUT2D eigenvalue weighted by Crippen LogP contribution is 2.29. The van der Waals surface area contributed by atoms with Crippen molar-refractivity contribution in [3.8, 4) is 0 Å². The fraction of sp³-hybridized carbons (Fsp3) is 0.400. The summed E-state index contributed by atoms with van der Waals surface area (Å²) in [5.41, 5.74) is 11.6. The van der Waals surface area contributed by atoms with Crippen LogP contribution in [0.15, 0.2) is 0 Å². The van der Waals surface area contributed by atoms with Gasteiger partial charge in [-0.1, -0.05) is 6.92 Å². The average molecular weight is 241 g/mol. The molecule has 0 bridgehead atoms. The maximum atomic E-state index is 11.7. The number of primary amides is 1. The van der Waals surface area contributed by atoms with Crippen LogP contribution in [-0.4, -0.2) is 18.4 Å². The molecule has 0 saturated heterocycles. The molecule has 6 heteroatoms. The first-order chi connectivity index (χ1) is 7.49. The lowest BCUT2D eigenvalue weighted by Gasteiger charge is -2.01. The number of anilines is 1. The van der Waals surface area contributed by atoms with Gasteiger partial charge in [0.1, 0.15) is 0 Å². The third-order valence-corrected chi connectivity index (χ3v) is 3.28. The van der Waals surface area contributed by atoms with Gasteiger partial charge in [-0.2, -0.15) is 0 Å². The van der Waals surface area contributed by atoms with Gasteiger partial charge in [0.05, 0.1) is 15.4 Å². The Morgan fingerprint density at radius 3 is 2.50 bits per heavy atom. The SMILES string of the molecule is CCCNC(=O)c1sc(N)c(C(N)=O)c1C. The zero-order valence-corrected chi connectivity index (χ0v) is 10.1. The molecule has 0 spiro atoms. The van der Waals surface area contributed by atoms with Gasteiger partial charge in [0.15, 0.2) is 0 Å². The summed E-state index contributed by atoms with van der Waals surface area (Å²) >= 11 is 1.09. The molecule has 0 aliphatic heterocycles. The number of carbonyl (C=O) groups excluding carboxylic acids is 2. The summed E-state index contributed by atoms with van der Waals surface area (Å²) in [6, 6.07) is 0. The molecule has 5 N–H and O–H groups in total. The number of nitrogen functional groups attached to an aromatic ring is 1. The van der Waals surface area contributed by atoms with Crippen LogP contribution in [0.25, 0.3) is 0 Å². The van der Waals surface area contributed by atoms with E-state index in [1.165, 1.54) is 0 Å². The standard InChI is InChI=1S/C10H15N3O2S/c1-3-4-13-10(15)7-5(2)6(8(11)14)9(12)16-7/h3-4,12H2,1-2H3,(H2,11,14)(H,13,15). The molecule has 5 nitrogen and oxygen atoms in total. The molecule has 0 unspecified atom stereocenters. The van der Waals surface area contributed by atoms with Gasteiger partial charge in [-0.05, 0) is 18.9 Å². The van der Waals surface area contributed by atoms with Crippen LogP contribution in [0.5, 0.6) is 0 Å². The number of carbonyl (C=O) groups is 2. The van der Waals surface area contributed by atoms with Gasteiger partial charge in [0.2, 0.25) is 0 Å². The van der Waals surface area contributed by atoms with Gasteiger partial charge in [-0.3, -0.25) is 9.59 Å². The highest BCUT2D eigenvalue weighted by molar-refractivity contribution is 7.18. The minimum Gasteiger partial charge on any atom is -0.390 e. The Labute approximate surface area is 97.8 Å². The predicted octanol–water partition coefficient (Wildman–Crippen LogP) is 0.877. The van der Waals surface area contributed by atoms with Crippen molar-refractivity contribution in [2.24, 2.45) is 5.73 Å². The van der Waals surface area contributed by atoms with Crippen LogP contribution in [0.1, 0.15) is 38.9 Å². The molecule has 0 radical (unpaired) electrons. The van der Waals surface area contributed by atoms with Crippen LogP contribution in [0, 0.1) is 6.92 Å². The van der Waals surface area contributed by atoms with Gasteiger partial charge in [0.25, 0.3) is 11.8 Å². The molecule has 1 aromatic heterocycles. The predicted molar refractivity (Wildman–Crippen MR) is 64.6 cm³/mol. The average Bonchev–Trinajstić information content (AvgIpc) is 2.50. The number of nitrogens with one attached hydrogen (secondary N) is 1. The van der Waals surface area contributed by atoms with Crippen LogP contribution in [0.2, 0.25) is 0 Å². The summed E-state index contributed by atoms with van der Waals surface area (Å²) in [6.07, 6.45) is 0.855. The number of nitrogens with two attached hydrogens (primary N) is 2. The normalized spacial score (nSPS) is 10.1. The highest BCUT2D eigenvalue weighted by atomic mass is 32.1. The van der Waals surface area contributed by atoms with E-state index in [-0.39, 0.29) is 11.5 Å². The quantitative estimate of drug-likeness (QED) is 0.729. The lowest BCUT2D eigenvalue weighted by molar-refractivity contribution is 0.0957. The second kappa shape index (κ2) is 4.98. The summed E-state index contributed by atoms with van der Waals surface area (Å²) in [4.78, 5) is 23.3. The van der Waals surface area contributed by atoms with E-state index in [0.29, 0.717) is 22.0 Å². The van der Waals surface area contributed by atoms with E-state index < -0.39 is 5.91 Å². The van der Waals surface area contributed by atoms with Crippen molar-refractivity contribution in [3.05, 3.63) is 16.0 Å². The number of thiophene rings is 1. The molecule has 0 atom stereocenters. The lowest BCUT2D eigenvalue weighted by atomic mass is 10.1. The van der Waals surface area contributed by atoms with Gasteiger partial charge < -0.3 is 16.8 Å². The van der Waals surface area contributed by atoms with Gasteiger partial charge in [-0.25, -0.2) is 0 Å². The van der Waals surface area contributed by atoms with Crippen molar-refractivity contribution in [3.63, 3.8) is 0 Å². The van der Waals surface area contributed by atoms with E-state index >= 15 is 0 Å². The zero-order valence-electron chi connectivity index (χ0n) is 9.29. The van der Waals surface area contributed by atoms with E-state index in [9.17, 15) is 9.59 Å². The summed E-state index contributed by atoms with van der Waals surface area (Å²) in [5, 5.41) is 3.03. The Bertz CT molecular complexity index is 426. The highest BCUT2D eigenvalue weighted by Gasteiger charge is 2.21. The van der Waals surface area contributed by atoms with Crippen LogP contribution in [0.4, 0.5) is 5.00 Å². The smallest absolute Gasteiger partial charge is 0.261 e. The zero-order chi connectivity index (χ0) is 12.3. The van der Waals surface area contributed by atoms with Gasteiger partial charge in [-0.15, -0.1) is 11.3 Å². The van der Waals surface area contributed by atoms with Crippen molar-refractivity contribution in [2.45, 2.75) is 20.3 Å². The molecule has 0 aliphatic carbocycles. The Morgan fingerprint density at radius 2 is 2.06 bits per heavy atom. The molecule has 1 rings (SSSR count). The van der Waals surface area contributed by atoms with Crippen molar-refractivity contribution < 1.29 is 9.59 Å². The van der Waals surface area contributed by atoms with Gasteiger partial charge >= 0.3 is 0 Å². The first-order valence-electron chi connectivity index (χ1n) is 4.95. The fourth-order valence-electron chi connectivity index (χ4n) is 1.38. The molecule has 16 heavy (non-hydrogen) atoms. The van der Waals surface area contributed by atoms with Crippen molar-refractivity contribution in [1.82, 2.24) is 5.32 Å². The molecular weight excluding hydrogens is 226 g/mol. The third kappa shape index (κ3) is 2.33. The molecule has 1 heterocycles. The molecular formula is C10H15N3O2S. The monoisotopic (exact) mass is 241 g/mol. The summed E-state index contributed by atoms with van der Waals surface area (Å²) in [6.45, 7) is 4.24. The number of hydrogen-bond acceptors (Lipinski definition) is 4. The maximum Gasteiger partial charge on any atom is 0.261 e. The number of amides is 2. The summed E-state index contributed by atoms with van der Waals surface area (Å²) in [7, 11) is 0. The number of rotatable bonds is 4. The lowest BCUT2D eigenvalue weighted by Crippen LogP contribution is -2.24. The third-order valence-electron chi connectivity index (χ3n) is 2.16. The fourth-order valence-corrected chi connectivity index (χ4v) is 2.37.